The van der Waals surface area contributed by atoms with Gasteiger partial charge in [0.25, 0.3) is 0 Å². The minimum absolute atomic E-state index is 0.228. The topological polar surface area (TPSA) is 37.8 Å². The van der Waals surface area contributed by atoms with E-state index in [1.807, 2.05) is 20.8 Å². The minimum Gasteiger partial charge on any atom is -0.339 e. The molecule has 0 radical (unpaired) electrons. The van der Waals surface area contributed by atoms with Gasteiger partial charge in [-0.3, -0.25) is 0 Å². The SMILES string of the molecule is CC(C)(C)c1nc(Cl)cc(Nc2ccc(F)cc2Cl)n1. The smallest absolute Gasteiger partial charge is 0.137 e. The third-order valence-electron chi connectivity index (χ3n) is 2.56. The first kappa shape index (κ1) is 15.0. The van der Waals surface area contributed by atoms with Crippen molar-refractivity contribution in [3.63, 3.8) is 0 Å². The van der Waals surface area contributed by atoms with E-state index in [4.69, 9.17) is 23.2 Å². The summed E-state index contributed by atoms with van der Waals surface area (Å²) in [5.41, 5.74) is 0.330. The molecule has 1 heterocycles. The Hall–Kier alpha value is -1.39. The number of hydrogen-bond acceptors (Lipinski definition) is 3. The molecule has 20 heavy (non-hydrogen) atoms. The molecule has 0 saturated heterocycles. The lowest BCUT2D eigenvalue weighted by Crippen LogP contribution is -2.16. The van der Waals surface area contributed by atoms with Crippen molar-refractivity contribution in [3.05, 3.63) is 46.1 Å². The number of benzene rings is 1. The van der Waals surface area contributed by atoms with Gasteiger partial charge in [0.1, 0.15) is 22.6 Å². The van der Waals surface area contributed by atoms with Gasteiger partial charge >= 0.3 is 0 Å². The van der Waals surface area contributed by atoms with Crippen LogP contribution in [-0.4, -0.2) is 9.97 Å². The molecule has 1 N–H and O–H groups in total. The summed E-state index contributed by atoms with van der Waals surface area (Å²) in [6, 6.07) is 5.69. The lowest BCUT2D eigenvalue weighted by molar-refractivity contribution is 0.546. The molecule has 106 valence electrons. The molecule has 0 aliphatic heterocycles. The number of hydrogen-bond donors (Lipinski definition) is 1. The largest absolute Gasteiger partial charge is 0.339 e. The van der Waals surface area contributed by atoms with E-state index in [-0.39, 0.29) is 10.4 Å². The quantitative estimate of drug-likeness (QED) is 0.796. The first-order valence-corrected chi connectivity index (χ1v) is 6.78. The van der Waals surface area contributed by atoms with Crippen molar-refractivity contribution in [2.75, 3.05) is 5.32 Å². The molecule has 0 saturated carbocycles. The maximum absolute atomic E-state index is 13.0. The van der Waals surface area contributed by atoms with Gasteiger partial charge in [-0.25, -0.2) is 14.4 Å². The van der Waals surface area contributed by atoms with Crippen molar-refractivity contribution in [2.45, 2.75) is 26.2 Å². The van der Waals surface area contributed by atoms with Gasteiger partial charge in [0.15, 0.2) is 0 Å². The third-order valence-corrected chi connectivity index (χ3v) is 3.07. The summed E-state index contributed by atoms with van der Waals surface area (Å²) in [7, 11) is 0. The predicted molar refractivity (Wildman–Crippen MR) is 80.4 cm³/mol. The molecule has 0 aliphatic carbocycles. The van der Waals surface area contributed by atoms with Gasteiger partial charge < -0.3 is 5.32 Å². The van der Waals surface area contributed by atoms with Gasteiger partial charge in [-0.1, -0.05) is 44.0 Å². The molecule has 0 bridgehead atoms. The fourth-order valence-electron chi connectivity index (χ4n) is 1.55. The van der Waals surface area contributed by atoms with Gasteiger partial charge in [0.05, 0.1) is 10.7 Å². The van der Waals surface area contributed by atoms with E-state index in [0.29, 0.717) is 22.5 Å². The lowest BCUT2D eigenvalue weighted by Gasteiger charge is -2.18. The van der Waals surface area contributed by atoms with Crippen molar-refractivity contribution in [1.82, 2.24) is 9.97 Å². The zero-order valence-electron chi connectivity index (χ0n) is 11.3. The standard InChI is InChI=1S/C14H14Cl2FN3/c1-14(2,3)13-19-11(16)7-12(20-13)18-10-5-4-8(17)6-9(10)15/h4-7H,1-3H3,(H,18,19,20). The molecule has 3 nitrogen and oxygen atoms in total. The van der Waals surface area contributed by atoms with Crippen LogP contribution in [0, 0.1) is 5.82 Å². The van der Waals surface area contributed by atoms with E-state index in [1.165, 1.54) is 12.1 Å². The molecule has 6 heteroatoms. The molecule has 0 fully saturated rings. The van der Waals surface area contributed by atoms with E-state index < -0.39 is 5.82 Å². The van der Waals surface area contributed by atoms with Crippen LogP contribution in [0.2, 0.25) is 10.2 Å². The Kier molecular flexibility index (Phi) is 4.16. The molecule has 0 unspecified atom stereocenters. The Morgan fingerprint density at radius 1 is 1.10 bits per heavy atom. The first-order chi connectivity index (χ1) is 9.25. The highest BCUT2D eigenvalue weighted by Crippen LogP contribution is 2.28. The van der Waals surface area contributed by atoms with Gasteiger partial charge in [-0.15, -0.1) is 0 Å². The zero-order valence-corrected chi connectivity index (χ0v) is 12.8. The molecule has 2 aromatic rings. The van der Waals surface area contributed by atoms with Crippen LogP contribution in [0.1, 0.15) is 26.6 Å². The van der Waals surface area contributed by atoms with Gasteiger partial charge in [-0.05, 0) is 18.2 Å². The second kappa shape index (κ2) is 5.54. The van der Waals surface area contributed by atoms with Crippen LogP contribution in [0.25, 0.3) is 0 Å². The summed E-state index contributed by atoms with van der Waals surface area (Å²) in [5.74, 6) is 0.741. The van der Waals surface area contributed by atoms with E-state index in [1.54, 1.807) is 12.1 Å². The molecule has 0 spiro atoms. The highest BCUT2D eigenvalue weighted by molar-refractivity contribution is 6.33. The molecular formula is C14H14Cl2FN3. The Morgan fingerprint density at radius 3 is 2.40 bits per heavy atom. The Morgan fingerprint density at radius 2 is 1.80 bits per heavy atom. The summed E-state index contributed by atoms with van der Waals surface area (Å²) in [4.78, 5) is 8.61. The van der Waals surface area contributed by atoms with E-state index in [9.17, 15) is 4.39 Å². The molecule has 0 atom stereocenters. The van der Waals surface area contributed by atoms with E-state index in [0.717, 1.165) is 0 Å². The van der Waals surface area contributed by atoms with Crippen LogP contribution in [0.15, 0.2) is 24.3 Å². The number of aromatic nitrogens is 2. The highest BCUT2D eigenvalue weighted by atomic mass is 35.5. The fraction of sp³-hybridized carbons (Fsp3) is 0.286. The average molecular weight is 314 g/mol. The van der Waals surface area contributed by atoms with Crippen LogP contribution < -0.4 is 5.32 Å². The predicted octanol–water partition coefficient (Wildman–Crippen LogP) is 4.96. The third kappa shape index (κ3) is 3.58. The van der Waals surface area contributed by atoms with Crippen LogP contribution >= 0.6 is 23.2 Å². The van der Waals surface area contributed by atoms with Gasteiger partial charge in [0.2, 0.25) is 0 Å². The molecule has 0 aliphatic rings. The summed E-state index contributed by atoms with van der Waals surface area (Å²) in [6.07, 6.45) is 0. The average Bonchev–Trinajstić information content (AvgIpc) is 2.31. The number of halogens is 3. The first-order valence-electron chi connectivity index (χ1n) is 6.03. The normalized spacial score (nSPS) is 11.5. The lowest BCUT2D eigenvalue weighted by atomic mass is 9.96. The Bertz CT molecular complexity index is 639. The number of nitrogens with one attached hydrogen (secondary N) is 1. The number of nitrogens with zero attached hydrogens (tertiary/aromatic N) is 2. The summed E-state index contributed by atoms with van der Waals surface area (Å²) >= 11 is 12.0. The van der Waals surface area contributed by atoms with Crippen molar-refractivity contribution >= 4 is 34.7 Å². The van der Waals surface area contributed by atoms with Crippen molar-refractivity contribution in [1.29, 1.82) is 0 Å². The summed E-state index contributed by atoms with van der Waals surface area (Å²) in [6.45, 7) is 5.98. The zero-order chi connectivity index (χ0) is 14.9. The number of anilines is 2. The van der Waals surface area contributed by atoms with Crippen LogP contribution in [0.5, 0.6) is 0 Å². The summed E-state index contributed by atoms with van der Waals surface area (Å²) in [5, 5.41) is 3.63. The fourth-order valence-corrected chi connectivity index (χ4v) is 1.94. The highest BCUT2D eigenvalue weighted by Gasteiger charge is 2.19. The van der Waals surface area contributed by atoms with E-state index in [2.05, 4.69) is 15.3 Å². The Labute approximate surface area is 127 Å². The van der Waals surface area contributed by atoms with Crippen LogP contribution in [-0.2, 0) is 5.41 Å². The van der Waals surface area contributed by atoms with Crippen molar-refractivity contribution in [3.8, 4) is 0 Å². The summed E-state index contributed by atoms with van der Waals surface area (Å²) < 4.78 is 13.0. The molecule has 2 rings (SSSR count). The van der Waals surface area contributed by atoms with Crippen molar-refractivity contribution < 1.29 is 4.39 Å². The van der Waals surface area contributed by atoms with Crippen LogP contribution in [0.3, 0.4) is 0 Å². The second-order valence-electron chi connectivity index (χ2n) is 5.40. The maximum Gasteiger partial charge on any atom is 0.137 e. The monoisotopic (exact) mass is 313 g/mol. The van der Waals surface area contributed by atoms with E-state index >= 15 is 0 Å². The number of rotatable bonds is 2. The van der Waals surface area contributed by atoms with Crippen LogP contribution in [0.4, 0.5) is 15.9 Å². The van der Waals surface area contributed by atoms with Crippen molar-refractivity contribution in [2.24, 2.45) is 0 Å². The minimum atomic E-state index is -0.392. The Balaban J connectivity index is 2.36. The molecular weight excluding hydrogens is 300 g/mol. The molecule has 1 aromatic heterocycles. The second-order valence-corrected chi connectivity index (χ2v) is 6.19. The molecule has 0 amide bonds. The van der Waals surface area contributed by atoms with Gasteiger partial charge in [-0.2, -0.15) is 0 Å². The maximum atomic E-state index is 13.0. The van der Waals surface area contributed by atoms with Gasteiger partial charge in [0, 0.05) is 11.5 Å². The molecule has 1 aromatic carbocycles.